The smallest absolute Gasteiger partial charge is 0.256 e. The number of methoxy groups -OCH3 is 1. The van der Waals surface area contributed by atoms with Gasteiger partial charge in [-0.1, -0.05) is 15.9 Å². The molecular weight excluding hydrogens is 394 g/mol. The van der Waals surface area contributed by atoms with E-state index in [-0.39, 0.29) is 5.91 Å². The van der Waals surface area contributed by atoms with E-state index in [4.69, 9.17) is 4.74 Å². The van der Waals surface area contributed by atoms with Crippen molar-refractivity contribution in [1.29, 1.82) is 0 Å². The molecule has 2 rings (SSSR count). The Balaban J connectivity index is 2.31. The summed E-state index contributed by atoms with van der Waals surface area (Å²) < 4.78 is 7.14. The number of aryl methyl sites for hydroxylation is 1. The standard InChI is InChI=1S/C13H11Br2NO2S/c1-7-3-9(14)5-10(18-2)12(7)16-13(17)8-4-11(15)19-6-8/h3-6H,1-2H3,(H,16,17). The molecule has 0 saturated heterocycles. The molecular formula is C13H11Br2NO2S. The van der Waals surface area contributed by atoms with Crippen LogP contribution in [-0.2, 0) is 0 Å². The summed E-state index contributed by atoms with van der Waals surface area (Å²) >= 11 is 8.23. The van der Waals surface area contributed by atoms with Gasteiger partial charge in [-0.15, -0.1) is 11.3 Å². The molecule has 1 N–H and O–H groups in total. The van der Waals surface area contributed by atoms with Gasteiger partial charge < -0.3 is 10.1 Å². The molecule has 0 saturated carbocycles. The lowest BCUT2D eigenvalue weighted by molar-refractivity contribution is 0.102. The molecule has 0 radical (unpaired) electrons. The van der Waals surface area contributed by atoms with Crippen LogP contribution in [-0.4, -0.2) is 13.0 Å². The van der Waals surface area contributed by atoms with E-state index in [1.165, 1.54) is 11.3 Å². The van der Waals surface area contributed by atoms with E-state index < -0.39 is 0 Å². The summed E-state index contributed by atoms with van der Waals surface area (Å²) in [5, 5.41) is 4.69. The van der Waals surface area contributed by atoms with Crippen LogP contribution in [0, 0.1) is 6.92 Å². The van der Waals surface area contributed by atoms with Crippen molar-refractivity contribution in [1.82, 2.24) is 0 Å². The lowest BCUT2D eigenvalue weighted by Gasteiger charge is -2.13. The quantitative estimate of drug-likeness (QED) is 0.794. The van der Waals surface area contributed by atoms with Crippen LogP contribution in [0.25, 0.3) is 0 Å². The molecule has 1 aromatic carbocycles. The van der Waals surface area contributed by atoms with Crippen molar-refractivity contribution in [2.75, 3.05) is 12.4 Å². The van der Waals surface area contributed by atoms with Gasteiger partial charge in [-0.25, -0.2) is 0 Å². The third kappa shape index (κ3) is 3.38. The fourth-order valence-corrected chi connectivity index (χ4v) is 3.34. The molecule has 1 amide bonds. The van der Waals surface area contributed by atoms with Crippen LogP contribution in [0.5, 0.6) is 5.75 Å². The number of benzene rings is 1. The fourth-order valence-electron chi connectivity index (χ4n) is 1.65. The second kappa shape index (κ2) is 6.07. The van der Waals surface area contributed by atoms with Gasteiger partial charge in [-0.2, -0.15) is 0 Å². The number of hydrogen-bond acceptors (Lipinski definition) is 3. The summed E-state index contributed by atoms with van der Waals surface area (Å²) in [5.74, 6) is 0.486. The van der Waals surface area contributed by atoms with Crippen LogP contribution in [0.15, 0.2) is 31.8 Å². The molecule has 0 aliphatic carbocycles. The monoisotopic (exact) mass is 403 g/mol. The van der Waals surface area contributed by atoms with Crippen LogP contribution in [0.4, 0.5) is 5.69 Å². The normalized spacial score (nSPS) is 10.3. The van der Waals surface area contributed by atoms with Gasteiger partial charge in [0.05, 0.1) is 22.1 Å². The first kappa shape index (κ1) is 14.6. The highest BCUT2D eigenvalue weighted by Crippen LogP contribution is 2.32. The Morgan fingerprint density at radius 1 is 1.32 bits per heavy atom. The Kier molecular flexibility index (Phi) is 4.65. The Hall–Kier alpha value is -0.850. The highest BCUT2D eigenvalue weighted by molar-refractivity contribution is 9.11. The second-order valence-electron chi connectivity index (χ2n) is 3.89. The van der Waals surface area contributed by atoms with Gasteiger partial charge >= 0.3 is 0 Å². The van der Waals surface area contributed by atoms with Crippen LogP contribution in [0.3, 0.4) is 0 Å². The van der Waals surface area contributed by atoms with E-state index in [9.17, 15) is 4.79 Å². The van der Waals surface area contributed by atoms with Gasteiger partial charge in [0, 0.05) is 9.85 Å². The molecule has 2 aromatic rings. The average Bonchev–Trinajstić information content (AvgIpc) is 2.78. The average molecular weight is 405 g/mol. The molecule has 3 nitrogen and oxygen atoms in total. The first-order chi connectivity index (χ1) is 9.01. The SMILES string of the molecule is COc1cc(Br)cc(C)c1NC(=O)c1csc(Br)c1. The van der Waals surface area contributed by atoms with Crippen molar-refractivity contribution in [2.45, 2.75) is 6.92 Å². The van der Waals surface area contributed by atoms with Gasteiger partial charge in [0.25, 0.3) is 5.91 Å². The van der Waals surface area contributed by atoms with Gasteiger partial charge in [-0.3, -0.25) is 4.79 Å². The zero-order valence-corrected chi connectivity index (χ0v) is 14.3. The summed E-state index contributed by atoms with van der Waals surface area (Å²) in [5.41, 5.74) is 2.26. The summed E-state index contributed by atoms with van der Waals surface area (Å²) in [6.45, 7) is 1.92. The fraction of sp³-hybridized carbons (Fsp3) is 0.154. The molecule has 1 heterocycles. The number of hydrogen-bond donors (Lipinski definition) is 1. The third-order valence-electron chi connectivity index (χ3n) is 2.55. The molecule has 100 valence electrons. The minimum atomic E-state index is -0.148. The van der Waals surface area contributed by atoms with Crippen LogP contribution in [0.1, 0.15) is 15.9 Å². The molecule has 19 heavy (non-hydrogen) atoms. The van der Waals surface area contributed by atoms with Gasteiger partial charge in [0.2, 0.25) is 0 Å². The summed E-state index contributed by atoms with van der Waals surface area (Å²) in [7, 11) is 1.58. The first-order valence-corrected chi connectivity index (χ1v) is 7.87. The molecule has 6 heteroatoms. The second-order valence-corrected chi connectivity index (χ2v) is 7.10. The van der Waals surface area contributed by atoms with E-state index in [0.29, 0.717) is 17.0 Å². The lowest BCUT2D eigenvalue weighted by atomic mass is 10.1. The third-order valence-corrected chi connectivity index (χ3v) is 4.51. The van der Waals surface area contributed by atoms with E-state index >= 15 is 0 Å². The highest BCUT2D eigenvalue weighted by atomic mass is 79.9. The van der Waals surface area contributed by atoms with Crippen LogP contribution >= 0.6 is 43.2 Å². The molecule has 1 aromatic heterocycles. The van der Waals surface area contributed by atoms with Crippen molar-refractivity contribution in [3.8, 4) is 5.75 Å². The molecule has 0 aliphatic heterocycles. The number of halogens is 2. The molecule has 0 spiro atoms. The van der Waals surface area contributed by atoms with Crippen molar-refractivity contribution in [3.63, 3.8) is 0 Å². The lowest BCUT2D eigenvalue weighted by Crippen LogP contribution is -2.12. The maximum Gasteiger partial charge on any atom is 0.256 e. The predicted octanol–water partition coefficient (Wildman–Crippen LogP) is 4.84. The number of amides is 1. The van der Waals surface area contributed by atoms with E-state index in [1.54, 1.807) is 18.6 Å². The Morgan fingerprint density at radius 3 is 2.63 bits per heavy atom. The Labute approximate surface area is 132 Å². The molecule has 0 fully saturated rings. The predicted molar refractivity (Wildman–Crippen MR) is 85.4 cm³/mol. The van der Waals surface area contributed by atoms with Crippen LogP contribution in [0.2, 0.25) is 0 Å². The largest absolute Gasteiger partial charge is 0.495 e. The van der Waals surface area contributed by atoms with Crippen molar-refractivity contribution >= 4 is 54.8 Å². The minimum Gasteiger partial charge on any atom is -0.495 e. The number of ether oxygens (including phenoxy) is 1. The number of nitrogens with one attached hydrogen (secondary N) is 1. The summed E-state index contributed by atoms with van der Waals surface area (Å²) in [4.78, 5) is 12.1. The summed E-state index contributed by atoms with van der Waals surface area (Å²) in [6.07, 6.45) is 0. The number of carbonyl (C=O) groups is 1. The van der Waals surface area contributed by atoms with Gasteiger partial charge in [0.1, 0.15) is 5.75 Å². The first-order valence-electron chi connectivity index (χ1n) is 5.41. The van der Waals surface area contributed by atoms with Crippen molar-refractivity contribution in [2.24, 2.45) is 0 Å². The van der Waals surface area contributed by atoms with Crippen molar-refractivity contribution in [3.05, 3.63) is 43.0 Å². The van der Waals surface area contributed by atoms with Crippen molar-refractivity contribution < 1.29 is 9.53 Å². The maximum absolute atomic E-state index is 12.1. The van der Waals surface area contributed by atoms with E-state index in [0.717, 1.165) is 13.8 Å². The Morgan fingerprint density at radius 2 is 2.05 bits per heavy atom. The van der Waals surface area contributed by atoms with Gasteiger partial charge in [0.15, 0.2) is 0 Å². The number of carbonyl (C=O) groups excluding carboxylic acids is 1. The van der Waals surface area contributed by atoms with Crippen LogP contribution < -0.4 is 10.1 Å². The number of rotatable bonds is 3. The molecule has 0 aliphatic rings. The number of anilines is 1. The molecule has 0 bridgehead atoms. The zero-order valence-electron chi connectivity index (χ0n) is 10.3. The Bertz CT molecular complexity index is 625. The molecule has 0 unspecified atom stereocenters. The van der Waals surface area contributed by atoms with E-state index in [2.05, 4.69) is 37.2 Å². The maximum atomic E-state index is 12.1. The zero-order chi connectivity index (χ0) is 14.0. The van der Waals surface area contributed by atoms with E-state index in [1.807, 2.05) is 19.1 Å². The highest BCUT2D eigenvalue weighted by Gasteiger charge is 2.14. The minimum absolute atomic E-state index is 0.148. The summed E-state index contributed by atoms with van der Waals surface area (Å²) in [6, 6.07) is 5.55. The number of thiophene rings is 1. The topological polar surface area (TPSA) is 38.3 Å². The van der Waals surface area contributed by atoms with Gasteiger partial charge in [-0.05, 0) is 46.6 Å². The molecule has 0 atom stereocenters.